The lowest BCUT2D eigenvalue weighted by Crippen LogP contribution is -2.63. The van der Waals surface area contributed by atoms with Gasteiger partial charge in [-0.1, -0.05) is 0 Å². The third kappa shape index (κ3) is 2.07. The summed E-state index contributed by atoms with van der Waals surface area (Å²) in [5.74, 6) is 0. The minimum absolute atomic E-state index is 0.115. The highest BCUT2D eigenvalue weighted by atomic mass is 16.4. The van der Waals surface area contributed by atoms with Gasteiger partial charge in [0.25, 0.3) is 0 Å². The fraction of sp³-hybridized carbons (Fsp3) is 1.00. The van der Waals surface area contributed by atoms with E-state index in [1.165, 1.54) is 0 Å². The molecule has 84 valence electrons. The lowest BCUT2D eigenvalue weighted by molar-refractivity contribution is -0.151. The van der Waals surface area contributed by atoms with Crippen LogP contribution in [0.1, 0.15) is 13.8 Å². The van der Waals surface area contributed by atoms with Gasteiger partial charge in [-0.3, -0.25) is 4.90 Å². The maximum absolute atomic E-state index is 9.62. The van der Waals surface area contributed by atoms with E-state index in [2.05, 4.69) is 0 Å². The number of hydrogen-bond donors (Lipinski definition) is 4. The summed E-state index contributed by atoms with van der Waals surface area (Å²) in [5, 5.41) is 37.6. The fourth-order valence-electron chi connectivity index (χ4n) is 1.92. The molecule has 1 aliphatic rings. The van der Waals surface area contributed by atoms with Crippen molar-refractivity contribution in [2.45, 2.75) is 44.2 Å². The van der Waals surface area contributed by atoms with E-state index < -0.39 is 24.4 Å². The zero-order valence-corrected chi connectivity index (χ0v) is 8.54. The SMILES string of the molecule is CC(C)N1C[C@H](O)[C@@H](O)[C@H](O)[C@@H]1CO. The van der Waals surface area contributed by atoms with Crippen LogP contribution in [-0.2, 0) is 0 Å². The van der Waals surface area contributed by atoms with Crippen molar-refractivity contribution in [2.24, 2.45) is 0 Å². The van der Waals surface area contributed by atoms with Crippen molar-refractivity contribution in [3.05, 3.63) is 0 Å². The van der Waals surface area contributed by atoms with Crippen molar-refractivity contribution in [3.63, 3.8) is 0 Å². The van der Waals surface area contributed by atoms with Gasteiger partial charge in [-0.2, -0.15) is 0 Å². The largest absolute Gasteiger partial charge is 0.395 e. The third-order valence-electron chi connectivity index (χ3n) is 2.81. The van der Waals surface area contributed by atoms with Crippen LogP contribution in [-0.4, -0.2) is 68.9 Å². The van der Waals surface area contributed by atoms with Crippen LogP contribution in [0, 0.1) is 0 Å². The Balaban J connectivity index is 2.76. The molecule has 14 heavy (non-hydrogen) atoms. The van der Waals surface area contributed by atoms with Gasteiger partial charge in [0.2, 0.25) is 0 Å². The summed E-state index contributed by atoms with van der Waals surface area (Å²) in [6.07, 6.45) is -3.21. The van der Waals surface area contributed by atoms with Gasteiger partial charge in [-0.05, 0) is 13.8 Å². The molecule has 0 amide bonds. The number of hydrogen-bond acceptors (Lipinski definition) is 5. The summed E-state index contributed by atoms with van der Waals surface area (Å²) in [5.41, 5.74) is 0. The maximum atomic E-state index is 9.62. The van der Waals surface area contributed by atoms with E-state index in [0.29, 0.717) is 0 Å². The van der Waals surface area contributed by atoms with Gasteiger partial charge in [-0.25, -0.2) is 0 Å². The van der Waals surface area contributed by atoms with Crippen molar-refractivity contribution in [1.82, 2.24) is 4.90 Å². The topological polar surface area (TPSA) is 84.2 Å². The van der Waals surface area contributed by atoms with Crippen LogP contribution >= 0.6 is 0 Å². The zero-order valence-electron chi connectivity index (χ0n) is 8.54. The summed E-state index contributed by atoms with van der Waals surface area (Å²) < 4.78 is 0. The average Bonchev–Trinajstić information content (AvgIpc) is 2.13. The molecule has 1 saturated heterocycles. The van der Waals surface area contributed by atoms with Gasteiger partial charge < -0.3 is 20.4 Å². The first-order chi connectivity index (χ1) is 6.49. The predicted molar refractivity (Wildman–Crippen MR) is 50.7 cm³/mol. The van der Waals surface area contributed by atoms with Crippen molar-refractivity contribution >= 4 is 0 Å². The first kappa shape index (κ1) is 11.9. The van der Waals surface area contributed by atoms with Crippen LogP contribution in [0.15, 0.2) is 0 Å². The number of piperidine rings is 1. The average molecular weight is 205 g/mol. The highest BCUT2D eigenvalue weighted by Crippen LogP contribution is 2.20. The molecule has 0 unspecified atom stereocenters. The van der Waals surface area contributed by atoms with E-state index in [0.717, 1.165) is 0 Å². The number of nitrogens with zero attached hydrogens (tertiary/aromatic N) is 1. The summed E-state index contributed by atoms with van der Waals surface area (Å²) in [7, 11) is 0. The van der Waals surface area contributed by atoms with E-state index in [4.69, 9.17) is 5.11 Å². The molecule has 0 saturated carbocycles. The number of rotatable bonds is 2. The Hall–Kier alpha value is -0.200. The van der Waals surface area contributed by atoms with Gasteiger partial charge in [-0.15, -0.1) is 0 Å². The van der Waals surface area contributed by atoms with Crippen LogP contribution in [0.2, 0.25) is 0 Å². The van der Waals surface area contributed by atoms with Gasteiger partial charge in [0.1, 0.15) is 12.2 Å². The van der Waals surface area contributed by atoms with Crippen molar-refractivity contribution in [2.75, 3.05) is 13.2 Å². The lowest BCUT2D eigenvalue weighted by atomic mass is 9.93. The van der Waals surface area contributed by atoms with Gasteiger partial charge in [0.15, 0.2) is 0 Å². The zero-order chi connectivity index (χ0) is 10.9. The lowest BCUT2D eigenvalue weighted by Gasteiger charge is -2.45. The van der Waals surface area contributed by atoms with Crippen LogP contribution in [0.4, 0.5) is 0 Å². The number of aliphatic hydroxyl groups excluding tert-OH is 4. The van der Waals surface area contributed by atoms with E-state index in [1.54, 1.807) is 4.90 Å². The number of β-amino-alcohol motifs (C(OH)–C–C–N with tert-alkyl or cyclic N) is 1. The van der Waals surface area contributed by atoms with Crippen LogP contribution in [0.5, 0.6) is 0 Å². The van der Waals surface area contributed by atoms with Gasteiger partial charge >= 0.3 is 0 Å². The Labute approximate surface area is 83.6 Å². The molecule has 1 aliphatic heterocycles. The fourth-order valence-corrected chi connectivity index (χ4v) is 1.92. The molecule has 0 aromatic heterocycles. The van der Waals surface area contributed by atoms with E-state index >= 15 is 0 Å². The Morgan fingerprint density at radius 2 is 1.79 bits per heavy atom. The van der Waals surface area contributed by atoms with E-state index in [-0.39, 0.29) is 19.2 Å². The molecular formula is C9H19NO4. The molecule has 1 rings (SSSR count). The summed E-state index contributed by atoms with van der Waals surface area (Å²) >= 11 is 0. The predicted octanol–water partition coefficient (Wildman–Crippen LogP) is -1.85. The molecule has 1 fully saturated rings. The monoisotopic (exact) mass is 205 g/mol. The Kier molecular flexibility index (Phi) is 3.86. The Morgan fingerprint density at radius 3 is 2.21 bits per heavy atom. The molecule has 5 heteroatoms. The Morgan fingerprint density at radius 1 is 1.21 bits per heavy atom. The first-order valence-electron chi connectivity index (χ1n) is 4.89. The smallest absolute Gasteiger partial charge is 0.109 e. The molecule has 1 heterocycles. The van der Waals surface area contributed by atoms with E-state index in [9.17, 15) is 15.3 Å². The third-order valence-corrected chi connectivity index (χ3v) is 2.81. The van der Waals surface area contributed by atoms with Crippen molar-refractivity contribution in [3.8, 4) is 0 Å². The molecule has 0 bridgehead atoms. The highest BCUT2D eigenvalue weighted by Gasteiger charge is 2.41. The van der Waals surface area contributed by atoms with Crippen LogP contribution in [0.3, 0.4) is 0 Å². The molecular weight excluding hydrogens is 186 g/mol. The van der Waals surface area contributed by atoms with Crippen LogP contribution in [0.25, 0.3) is 0 Å². The molecule has 4 atom stereocenters. The minimum Gasteiger partial charge on any atom is -0.395 e. The number of likely N-dealkylation sites (tertiary alicyclic amines) is 1. The Bertz CT molecular complexity index is 188. The van der Waals surface area contributed by atoms with E-state index in [1.807, 2.05) is 13.8 Å². The second kappa shape index (κ2) is 4.55. The molecule has 0 aromatic carbocycles. The summed E-state index contributed by atoms with van der Waals surface area (Å²) in [6, 6.07) is -0.377. The highest BCUT2D eigenvalue weighted by molar-refractivity contribution is 4.95. The minimum atomic E-state index is -1.16. The normalized spacial score (nSPS) is 40.5. The van der Waals surface area contributed by atoms with Gasteiger partial charge in [0.05, 0.1) is 18.8 Å². The summed E-state index contributed by atoms with van der Waals surface area (Å²) in [4.78, 5) is 1.79. The van der Waals surface area contributed by atoms with Crippen molar-refractivity contribution in [1.29, 1.82) is 0 Å². The van der Waals surface area contributed by atoms with Crippen molar-refractivity contribution < 1.29 is 20.4 Å². The quantitative estimate of drug-likeness (QED) is 0.425. The first-order valence-corrected chi connectivity index (χ1v) is 4.89. The molecule has 0 radical (unpaired) electrons. The number of aliphatic hydroxyl groups is 4. The standard InChI is InChI=1S/C9H19NO4/c1-5(2)10-3-7(12)9(14)8(13)6(10)4-11/h5-9,11-14H,3-4H2,1-2H3/t6-,7-,8+,9+/m0/s1. The second-order valence-corrected chi connectivity index (χ2v) is 4.09. The van der Waals surface area contributed by atoms with Gasteiger partial charge in [0, 0.05) is 12.6 Å². The molecule has 0 aromatic rings. The maximum Gasteiger partial charge on any atom is 0.109 e. The molecule has 4 N–H and O–H groups in total. The molecule has 0 aliphatic carbocycles. The van der Waals surface area contributed by atoms with Crippen LogP contribution < -0.4 is 0 Å². The summed E-state index contributed by atoms with van der Waals surface area (Å²) in [6.45, 7) is 3.89. The molecule has 5 nitrogen and oxygen atoms in total. The molecule has 0 spiro atoms. The second-order valence-electron chi connectivity index (χ2n) is 4.09.